The third-order valence-electron chi connectivity index (χ3n) is 4.90. The zero-order chi connectivity index (χ0) is 22.1. The van der Waals surface area contributed by atoms with E-state index < -0.39 is 23.9 Å². The van der Waals surface area contributed by atoms with E-state index in [9.17, 15) is 19.2 Å². The van der Waals surface area contributed by atoms with Crippen LogP contribution in [0.3, 0.4) is 0 Å². The molecule has 0 unspecified atom stereocenters. The molecule has 0 N–H and O–H groups in total. The van der Waals surface area contributed by atoms with Gasteiger partial charge in [0.15, 0.2) is 6.10 Å². The first-order valence-corrected chi connectivity index (χ1v) is 9.83. The van der Waals surface area contributed by atoms with Gasteiger partial charge in [-0.2, -0.15) is 0 Å². The molecular formula is C24H16ClNO5. The number of fused-ring (bicyclic) bond motifs is 1. The second kappa shape index (κ2) is 8.16. The van der Waals surface area contributed by atoms with Crippen molar-refractivity contribution in [2.45, 2.75) is 13.0 Å². The first-order chi connectivity index (χ1) is 14.9. The van der Waals surface area contributed by atoms with Crippen molar-refractivity contribution in [1.29, 1.82) is 0 Å². The maximum atomic E-state index is 12.9. The van der Waals surface area contributed by atoms with Crippen LogP contribution in [0.2, 0.25) is 5.02 Å². The van der Waals surface area contributed by atoms with Crippen LogP contribution in [-0.4, -0.2) is 29.7 Å². The van der Waals surface area contributed by atoms with Crippen molar-refractivity contribution in [3.63, 3.8) is 0 Å². The molecule has 0 radical (unpaired) electrons. The van der Waals surface area contributed by atoms with E-state index in [0.29, 0.717) is 16.3 Å². The van der Waals surface area contributed by atoms with Crippen molar-refractivity contribution in [2.24, 2.45) is 0 Å². The molecular weight excluding hydrogens is 418 g/mol. The number of ether oxygens (including phenoxy) is 1. The number of hydrogen-bond donors (Lipinski definition) is 0. The second-order valence-electron chi connectivity index (χ2n) is 6.96. The fraction of sp³-hybridized carbons (Fsp3) is 0.0833. The van der Waals surface area contributed by atoms with Gasteiger partial charge >= 0.3 is 5.97 Å². The number of hydrogen-bond acceptors (Lipinski definition) is 5. The Morgan fingerprint density at radius 2 is 1.55 bits per heavy atom. The Balaban J connectivity index is 1.56. The summed E-state index contributed by atoms with van der Waals surface area (Å²) in [5.41, 5.74) is 1.09. The van der Waals surface area contributed by atoms with E-state index in [0.717, 1.165) is 4.90 Å². The highest BCUT2D eigenvalue weighted by molar-refractivity contribution is 6.35. The summed E-state index contributed by atoms with van der Waals surface area (Å²) in [7, 11) is 0. The minimum atomic E-state index is -1.01. The number of imide groups is 1. The molecule has 0 aromatic heterocycles. The number of Topliss-reactive ketones (excluding diaryl/α,β-unsaturated/α-hetero) is 1. The van der Waals surface area contributed by atoms with E-state index in [1.807, 2.05) is 0 Å². The Labute approximate surface area is 183 Å². The second-order valence-corrected chi connectivity index (χ2v) is 7.40. The monoisotopic (exact) mass is 433 g/mol. The van der Waals surface area contributed by atoms with Gasteiger partial charge in [-0.15, -0.1) is 0 Å². The van der Waals surface area contributed by atoms with Gasteiger partial charge in [0.05, 0.1) is 22.4 Å². The van der Waals surface area contributed by atoms with Gasteiger partial charge in [0.2, 0.25) is 5.78 Å². The molecule has 0 aliphatic carbocycles. The largest absolute Gasteiger partial charge is 0.451 e. The van der Waals surface area contributed by atoms with E-state index in [-0.39, 0.29) is 22.5 Å². The fourth-order valence-corrected chi connectivity index (χ4v) is 3.52. The third kappa shape index (κ3) is 3.85. The quantitative estimate of drug-likeness (QED) is 0.334. The molecule has 4 rings (SSSR count). The predicted octanol–water partition coefficient (Wildman–Crippen LogP) is 4.57. The van der Waals surface area contributed by atoms with Crippen molar-refractivity contribution in [3.8, 4) is 0 Å². The van der Waals surface area contributed by atoms with Gasteiger partial charge in [0.25, 0.3) is 11.8 Å². The lowest BCUT2D eigenvalue weighted by atomic mass is 10.1. The van der Waals surface area contributed by atoms with Gasteiger partial charge in [0, 0.05) is 10.6 Å². The van der Waals surface area contributed by atoms with Gasteiger partial charge < -0.3 is 4.74 Å². The number of amides is 2. The number of carbonyl (C=O) groups excluding carboxylic acids is 4. The van der Waals surface area contributed by atoms with Gasteiger partial charge in [-0.3, -0.25) is 14.4 Å². The maximum Gasteiger partial charge on any atom is 0.338 e. The third-order valence-corrected chi connectivity index (χ3v) is 5.14. The Bertz CT molecular complexity index is 1220. The van der Waals surface area contributed by atoms with Crippen molar-refractivity contribution in [1.82, 2.24) is 0 Å². The molecule has 0 saturated carbocycles. The van der Waals surface area contributed by atoms with Crippen LogP contribution in [0.1, 0.15) is 48.4 Å². The molecule has 0 saturated heterocycles. The Hall–Kier alpha value is -3.77. The molecule has 0 spiro atoms. The number of rotatable bonds is 5. The zero-order valence-corrected chi connectivity index (χ0v) is 17.1. The Morgan fingerprint density at radius 3 is 2.26 bits per heavy atom. The van der Waals surface area contributed by atoms with Gasteiger partial charge in [-0.1, -0.05) is 48.0 Å². The van der Waals surface area contributed by atoms with Gasteiger partial charge in [-0.05, 0) is 43.3 Å². The highest BCUT2D eigenvalue weighted by atomic mass is 35.5. The number of nitrogens with zero attached hydrogens (tertiary/aromatic N) is 1. The molecule has 7 heteroatoms. The van der Waals surface area contributed by atoms with Crippen molar-refractivity contribution >= 4 is 40.9 Å². The van der Waals surface area contributed by atoms with Crippen LogP contribution < -0.4 is 4.90 Å². The van der Waals surface area contributed by atoms with E-state index >= 15 is 0 Å². The van der Waals surface area contributed by atoms with Crippen molar-refractivity contribution in [3.05, 3.63) is 100 Å². The molecule has 1 aliphatic rings. The van der Waals surface area contributed by atoms with Crippen LogP contribution in [0.15, 0.2) is 72.8 Å². The molecule has 3 aromatic carbocycles. The molecule has 2 amide bonds. The van der Waals surface area contributed by atoms with Crippen LogP contribution in [0, 0.1) is 0 Å². The number of anilines is 1. The van der Waals surface area contributed by atoms with Crippen LogP contribution >= 0.6 is 11.6 Å². The summed E-state index contributed by atoms with van der Waals surface area (Å²) < 4.78 is 5.29. The van der Waals surface area contributed by atoms with Crippen molar-refractivity contribution < 1.29 is 23.9 Å². The smallest absolute Gasteiger partial charge is 0.338 e. The minimum absolute atomic E-state index is 0.0700. The van der Waals surface area contributed by atoms with Crippen LogP contribution in [0.4, 0.5) is 5.69 Å². The predicted molar refractivity (Wildman–Crippen MR) is 115 cm³/mol. The zero-order valence-electron chi connectivity index (χ0n) is 16.4. The van der Waals surface area contributed by atoms with E-state index in [4.69, 9.17) is 16.3 Å². The minimum Gasteiger partial charge on any atom is -0.451 e. The summed E-state index contributed by atoms with van der Waals surface area (Å²) in [4.78, 5) is 51.6. The lowest BCUT2D eigenvalue weighted by Gasteiger charge is -2.13. The van der Waals surface area contributed by atoms with E-state index in [1.165, 1.54) is 31.2 Å². The summed E-state index contributed by atoms with van der Waals surface area (Å²) in [6.45, 7) is 1.48. The number of carbonyl (C=O) groups is 4. The summed E-state index contributed by atoms with van der Waals surface area (Å²) in [5.74, 6) is -2.17. The molecule has 1 heterocycles. The topological polar surface area (TPSA) is 80.8 Å². The maximum absolute atomic E-state index is 12.9. The molecule has 1 aliphatic heterocycles. The highest BCUT2D eigenvalue weighted by Gasteiger charge is 2.37. The first-order valence-electron chi connectivity index (χ1n) is 9.45. The van der Waals surface area contributed by atoms with Crippen LogP contribution in [0.25, 0.3) is 0 Å². The summed E-state index contributed by atoms with van der Waals surface area (Å²) in [5, 5.41) is 0.385. The number of halogens is 1. The van der Waals surface area contributed by atoms with E-state index in [1.54, 1.807) is 48.5 Å². The molecule has 0 bridgehead atoms. The molecule has 31 heavy (non-hydrogen) atoms. The number of benzene rings is 3. The standard InChI is InChI=1S/C24H16ClNO5/c1-14(21(27)15-6-3-2-4-7-15)31-24(30)16-10-11-19-20(12-16)23(29)26(22(19)28)18-9-5-8-17(25)13-18/h2-14H,1H3/t14-/m1/s1. The fourth-order valence-electron chi connectivity index (χ4n) is 3.34. The lowest BCUT2D eigenvalue weighted by Crippen LogP contribution is -2.29. The average molecular weight is 434 g/mol. The van der Waals surface area contributed by atoms with Gasteiger partial charge in [0.1, 0.15) is 0 Å². The van der Waals surface area contributed by atoms with Gasteiger partial charge in [-0.25, -0.2) is 9.69 Å². The lowest BCUT2D eigenvalue weighted by molar-refractivity contribution is 0.0318. The van der Waals surface area contributed by atoms with Crippen molar-refractivity contribution in [2.75, 3.05) is 4.90 Å². The SMILES string of the molecule is C[C@@H](OC(=O)c1ccc2c(c1)C(=O)N(c1cccc(Cl)c1)C2=O)C(=O)c1ccccc1. The van der Waals surface area contributed by atoms with Crippen LogP contribution in [-0.2, 0) is 4.74 Å². The summed E-state index contributed by atoms with van der Waals surface area (Å²) in [6, 6.07) is 19.0. The highest BCUT2D eigenvalue weighted by Crippen LogP contribution is 2.30. The first kappa shape index (κ1) is 20.5. The molecule has 0 fully saturated rings. The molecule has 1 atom stereocenters. The molecule has 154 valence electrons. The van der Waals surface area contributed by atoms with E-state index in [2.05, 4.69) is 0 Å². The Morgan fingerprint density at radius 1 is 0.839 bits per heavy atom. The number of esters is 1. The molecule has 6 nitrogen and oxygen atoms in total. The summed E-state index contributed by atoms with van der Waals surface area (Å²) >= 11 is 5.98. The average Bonchev–Trinajstić information content (AvgIpc) is 3.03. The summed E-state index contributed by atoms with van der Waals surface area (Å²) in [6.07, 6.45) is -1.01. The number of ketones is 1. The Kier molecular flexibility index (Phi) is 5.40. The molecule has 3 aromatic rings. The normalized spacial score (nSPS) is 13.7. The van der Waals surface area contributed by atoms with Crippen LogP contribution in [0.5, 0.6) is 0 Å².